The van der Waals surface area contributed by atoms with Crippen LogP contribution >= 0.6 is 0 Å². The number of non-ortho nitro benzene ring substituents is 1. The normalized spacial score (nSPS) is 18.2. The summed E-state index contributed by atoms with van der Waals surface area (Å²) in [6.07, 6.45) is 0.362. The Morgan fingerprint density at radius 3 is 2.75 bits per heavy atom. The van der Waals surface area contributed by atoms with Crippen molar-refractivity contribution in [1.82, 2.24) is 14.9 Å². The molecule has 0 bridgehead atoms. The third-order valence-electron chi connectivity index (χ3n) is 4.39. The van der Waals surface area contributed by atoms with Gasteiger partial charge < -0.3 is 14.6 Å². The van der Waals surface area contributed by atoms with Gasteiger partial charge in [-0.1, -0.05) is 0 Å². The predicted molar refractivity (Wildman–Crippen MR) is 101 cm³/mol. The molecule has 1 amide bonds. The second-order valence-corrected chi connectivity index (χ2v) is 9.88. The molecule has 11 heteroatoms. The molecule has 28 heavy (non-hydrogen) atoms. The second kappa shape index (κ2) is 7.04. The predicted octanol–water partition coefficient (Wildman–Crippen LogP) is 2.64. The van der Waals surface area contributed by atoms with Gasteiger partial charge in [0.2, 0.25) is 15.0 Å². The Labute approximate surface area is 161 Å². The number of H-pyrrole nitrogens is 1. The molecule has 1 aliphatic heterocycles. The number of fused-ring (bicyclic) bond motifs is 1. The maximum Gasteiger partial charge on any atom is 0.410 e. The molecular formula is C17H22N4O6S. The van der Waals surface area contributed by atoms with E-state index in [9.17, 15) is 23.3 Å². The zero-order chi connectivity index (χ0) is 20.7. The van der Waals surface area contributed by atoms with Crippen molar-refractivity contribution in [2.45, 2.75) is 49.6 Å². The van der Waals surface area contributed by atoms with E-state index in [0.29, 0.717) is 24.9 Å². The van der Waals surface area contributed by atoms with Crippen LogP contribution in [-0.4, -0.2) is 58.2 Å². The quantitative estimate of drug-likeness (QED) is 0.607. The number of aromatic amines is 1. The minimum Gasteiger partial charge on any atom is -0.444 e. The standard InChI is InChI=1S/C17H22N4O6S/c1-17(2,3)27-16(22)20-8-4-5-12(10-20)28(25,26)15-18-13-7-6-11(21(23)24)9-14(13)19-15/h6-7,9,12H,4-5,8,10H2,1-3H3,(H,18,19)/t12-/m1/s1. The lowest BCUT2D eigenvalue weighted by Gasteiger charge is -2.33. The Morgan fingerprint density at radius 2 is 2.11 bits per heavy atom. The van der Waals surface area contributed by atoms with Gasteiger partial charge in [-0.25, -0.2) is 18.2 Å². The third-order valence-corrected chi connectivity index (χ3v) is 6.39. The molecule has 1 N–H and O–H groups in total. The molecular weight excluding hydrogens is 388 g/mol. The number of sulfone groups is 1. The number of hydrogen-bond acceptors (Lipinski definition) is 7. The fraction of sp³-hybridized carbons (Fsp3) is 0.529. The van der Waals surface area contributed by atoms with Crippen LogP contribution in [0.1, 0.15) is 33.6 Å². The molecule has 0 radical (unpaired) electrons. The molecule has 1 fully saturated rings. The minimum atomic E-state index is -3.85. The van der Waals surface area contributed by atoms with Crippen LogP contribution in [0.25, 0.3) is 11.0 Å². The lowest BCUT2D eigenvalue weighted by molar-refractivity contribution is -0.384. The lowest BCUT2D eigenvalue weighted by atomic mass is 10.1. The fourth-order valence-corrected chi connectivity index (χ4v) is 4.71. The molecule has 0 spiro atoms. The molecule has 0 saturated carbocycles. The first kappa shape index (κ1) is 20.1. The number of benzene rings is 1. The zero-order valence-electron chi connectivity index (χ0n) is 15.8. The van der Waals surface area contributed by atoms with Crippen LogP contribution in [0, 0.1) is 10.1 Å². The highest BCUT2D eigenvalue weighted by atomic mass is 32.2. The summed E-state index contributed by atoms with van der Waals surface area (Å²) in [7, 11) is -3.85. The molecule has 1 aliphatic rings. The summed E-state index contributed by atoms with van der Waals surface area (Å²) in [5.41, 5.74) is -0.235. The van der Waals surface area contributed by atoms with E-state index >= 15 is 0 Å². The van der Waals surface area contributed by atoms with E-state index in [1.54, 1.807) is 20.8 Å². The average molecular weight is 410 g/mol. The minimum absolute atomic E-state index is 0.00837. The largest absolute Gasteiger partial charge is 0.444 e. The third kappa shape index (κ3) is 4.08. The number of nitro groups is 1. The van der Waals surface area contributed by atoms with Crippen LogP contribution in [0.15, 0.2) is 23.4 Å². The molecule has 1 aromatic heterocycles. The van der Waals surface area contributed by atoms with Crippen molar-refractivity contribution >= 4 is 32.7 Å². The van der Waals surface area contributed by atoms with Crippen molar-refractivity contribution in [2.24, 2.45) is 0 Å². The van der Waals surface area contributed by atoms with Crippen molar-refractivity contribution < 1.29 is 22.9 Å². The van der Waals surface area contributed by atoms with Gasteiger partial charge in [-0.2, -0.15) is 0 Å². The van der Waals surface area contributed by atoms with Crippen molar-refractivity contribution in [3.8, 4) is 0 Å². The van der Waals surface area contributed by atoms with Crippen LogP contribution in [0.2, 0.25) is 0 Å². The highest BCUT2D eigenvalue weighted by molar-refractivity contribution is 7.91. The number of amides is 1. The van der Waals surface area contributed by atoms with Gasteiger partial charge in [0.15, 0.2) is 0 Å². The van der Waals surface area contributed by atoms with Gasteiger partial charge in [0.1, 0.15) is 5.60 Å². The highest BCUT2D eigenvalue weighted by Crippen LogP contribution is 2.26. The molecule has 1 aromatic carbocycles. The average Bonchev–Trinajstić information content (AvgIpc) is 3.04. The number of likely N-dealkylation sites (tertiary alicyclic amines) is 1. The number of hydrogen-bond donors (Lipinski definition) is 1. The summed E-state index contributed by atoms with van der Waals surface area (Å²) in [4.78, 5) is 30.8. The summed E-state index contributed by atoms with van der Waals surface area (Å²) < 4.78 is 31.4. The molecule has 0 aliphatic carbocycles. The van der Waals surface area contributed by atoms with Gasteiger partial charge in [0, 0.05) is 25.2 Å². The SMILES string of the molecule is CC(C)(C)OC(=O)N1CCC[C@@H](S(=O)(=O)c2nc3ccc([N+](=O)[O-])cc3[nH]2)C1. The van der Waals surface area contributed by atoms with Crippen molar-refractivity contribution in [3.05, 3.63) is 28.3 Å². The number of ether oxygens (including phenoxy) is 1. The summed E-state index contributed by atoms with van der Waals surface area (Å²) >= 11 is 0. The molecule has 1 saturated heterocycles. The van der Waals surface area contributed by atoms with Crippen LogP contribution in [0.5, 0.6) is 0 Å². The van der Waals surface area contributed by atoms with E-state index in [2.05, 4.69) is 9.97 Å². The van der Waals surface area contributed by atoms with Gasteiger partial charge in [0.05, 0.1) is 21.2 Å². The number of nitrogens with zero attached hydrogens (tertiary/aromatic N) is 3. The smallest absolute Gasteiger partial charge is 0.410 e. The number of carbonyl (C=O) groups is 1. The molecule has 1 atom stereocenters. The number of carbonyl (C=O) groups excluding carboxylic acids is 1. The van der Waals surface area contributed by atoms with Gasteiger partial charge in [-0.05, 0) is 39.7 Å². The van der Waals surface area contributed by atoms with Crippen molar-refractivity contribution in [3.63, 3.8) is 0 Å². The number of rotatable bonds is 3. The first-order chi connectivity index (χ1) is 13.0. The van der Waals surface area contributed by atoms with Gasteiger partial charge >= 0.3 is 6.09 Å². The number of piperidine rings is 1. The molecule has 2 heterocycles. The molecule has 152 valence electrons. The first-order valence-electron chi connectivity index (χ1n) is 8.83. The van der Waals surface area contributed by atoms with E-state index in [0.717, 1.165) is 0 Å². The van der Waals surface area contributed by atoms with Crippen molar-refractivity contribution in [1.29, 1.82) is 0 Å². The second-order valence-electron chi connectivity index (χ2n) is 7.74. The van der Waals surface area contributed by atoms with Gasteiger partial charge in [-0.3, -0.25) is 10.1 Å². The highest BCUT2D eigenvalue weighted by Gasteiger charge is 2.37. The van der Waals surface area contributed by atoms with Crippen LogP contribution < -0.4 is 0 Å². The first-order valence-corrected chi connectivity index (χ1v) is 10.4. The number of nitro benzene ring substituents is 1. The molecule has 3 rings (SSSR count). The maximum atomic E-state index is 13.0. The van der Waals surface area contributed by atoms with E-state index in [1.165, 1.54) is 23.1 Å². The zero-order valence-corrected chi connectivity index (χ0v) is 16.7. The number of aromatic nitrogens is 2. The number of imidazole rings is 1. The van der Waals surface area contributed by atoms with E-state index in [1.807, 2.05) is 0 Å². The van der Waals surface area contributed by atoms with Crippen LogP contribution in [0.3, 0.4) is 0 Å². The van der Waals surface area contributed by atoms with Crippen molar-refractivity contribution in [2.75, 3.05) is 13.1 Å². The Bertz CT molecular complexity index is 1020. The Kier molecular flexibility index (Phi) is 5.04. The summed E-state index contributed by atoms with van der Waals surface area (Å²) in [6.45, 7) is 5.67. The van der Waals surface area contributed by atoms with E-state index < -0.39 is 31.7 Å². The molecule has 0 unspecified atom stereocenters. The maximum absolute atomic E-state index is 13.0. The Hall–Kier alpha value is -2.69. The number of nitrogens with one attached hydrogen (secondary N) is 1. The molecule has 10 nitrogen and oxygen atoms in total. The van der Waals surface area contributed by atoms with E-state index in [-0.39, 0.29) is 22.9 Å². The summed E-state index contributed by atoms with van der Waals surface area (Å²) in [5.74, 6) is 0. The Morgan fingerprint density at radius 1 is 1.39 bits per heavy atom. The van der Waals surface area contributed by atoms with Gasteiger partial charge in [0.25, 0.3) is 5.69 Å². The van der Waals surface area contributed by atoms with Crippen LogP contribution in [0.4, 0.5) is 10.5 Å². The molecule has 2 aromatic rings. The Balaban J connectivity index is 1.84. The summed E-state index contributed by atoms with van der Waals surface area (Å²) in [6, 6.07) is 3.91. The topological polar surface area (TPSA) is 136 Å². The summed E-state index contributed by atoms with van der Waals surface area (Å²) in [5, 5.41) is 9.82. The lowest BCUT2D eigenvalue weighted by Crippen LogP contribution is -2.47. The fourth-order valence-electron chi connectivity index (χ4n) is 3.06. The van der Waals surface area contributed by atoms with E-state index in [4.69, 9.17) is 4.74 Å². The monoisotopic (exact) mass is 410 g/mol. The van der Waals surface area contributed by atoms with Gasteiger partial charge in [-0.15, -0.1) is 0 Å². The van der Waals surface area contributed by atoms with Crippen LogP contribution in [-0.2, 0) is 14.6 Å².